The number of hydrogen-bond donors (Lipinski definition) is 0. The molecular formula is C16H18N6O. The number of rotatable bonds is 3. The van der Waals surface area contributed by atoms with Crippen LogP contribution in [-0.4, -0.2) is 33.4 Å². The molecule has 4 rings (SSSR count). The molecule has 1 saturated carbocycles. The average Bonchev–Trinajstić information content (AvgIpc) is 3.10. The Hall–Kier alpha value is -2.49. The summed E-state index contributed by atoms with van der Waals surface area (Å²) >= 11 is 0. The predicted octanol–water partition coefficient (Wildman–Crippen LogP) is 2.22. The molecule has 0 spiro atoms. The highest BCUT2D eigenvalue weighted by Gasteiger charge is 2.34. The summed E-state index contributed by atoms with van der Waals surface area (Å²) in [7, 11) is 0. The van der Waals surface area contributed by atoms with Gasteiger partial charge >= 0.3 is 0 Å². The standard InChI is InChI=1S/C16H18N6O/c1-9-10(2)19-20-15(13(9)7-17)22-6-5-12(8-22)16-18-14(21-23-16)11-3-4-11/h11-12H,3-6,8H2,1-2H3. The Morgan fingerprint density at radius 3 is 2.74 bits per heavy atom. The second-order valence-electron chi connectivity index (χ2n) is 6.42. The van der Waals surface area contributed by atoms with E-state index in [0.29, 0.717) is 23.2 Å². The van der Waals surface area contributed by atoms with Crippen LogP contribution in [0, 0.1) is 25.2 Å². The van der Waals surface area contributed by atoms with Crippen LogP contribution < -0.4 is 4.90 Å². The average molecular weight is 310 g/mol. The maximum absolute atomic E-state index is 9.45. The first-order chi connectivity index (χ1) is 11.2. The van der Waals surface area contributed by atoms with E-state index in [1.54, 1.807) is 0 Å². The minimum absolute atomic E-state index is 0.199. The predicted molar refractivity (Wildman–Crippen MR) is 82.1 cm³/mol. The van der Waals surface area contributed by atoms with Crippen molar-refractivity contribution in [2.75, 3.05) is 18.0 Å². The van der Waals surface area contributed by atoms with Crippen LogP contribution in [0.3, 0.4) is 0 Å². The quantitative estimate of drug-likeness (QED) is 0.858. The van der Waals surface area contributed by atoms with Gasteiger partial charge in [0.2, 0.25) is 5.89 Å². The summed E-state index contributed by atoms with van der Waals surface area (Å²) in [5.74, 6) is 2.93. The van der Waals surface area contributed by atoms with E-state index in [2.05, 4.69) is 31.3 Å². The van der Waals surface area contributed by atoms with E-state index in [4.69, 9.17) is 4.52 Å². The van der Waals surface area contributed by atoms with Gasteiger partial charge in [-0.05, 0) is 38.7 Å². The molecule has 0 bridgehead atoms. The van der Waals surface area contributed by atoms with Crippen LogP contribution in [0.15, 0.2) is 4.52 Å². The molecule has 0 N–H and O–H groups in total. The smallest absolute Gasteiger partial charge is 0.231 e. The van der Waals surface area contributed by atoms with Crippen molar-refractivity contribution in [3.8, 4) is 6.07 Å². The molecular weight excluding hydrogens is 292 g/mol. The van der Waals surface area contributed by atoms with Crippen molar-refractivity contribution in [3.05, 3.63) is 28.5 Å². The Labute approximate surface area is 134 Å². The van der Waals surface area contributed by atoms with Crippen molar-refractivity contribution in [2.45, 2.75) is 44.9 Å². The minimum Gasteiger partial charge on any atom is -0.353 e. The maximum Gasteiger partial charge on any atom is 0.231 e. The third kappa shape index (κ3) is 2.44. The summed E-state index contributed by atoms with van der Waals surface area (Å²) in [6.07, 6.45) is 3.25. The fraction of sp³-hybridized carbons (Fsp3) is 0.562. The van der Waals surface area contributed by atoms with E-state index in [0.717, 1.165) is 36.6 Å². The lowest BCUT2D eigenvalue weighted by atomic mass is 10.1. The molecule has 3 heterocycles. The molecule has 1 aliphatic heterocycles. The van der Waals surface area contributed by atoms with Gasteiger partial charge in [0.1, 0.15) is 11.6 Å². The number of hydrogen-bond acceptors (Lipinski definition) is 7. The molecule has 2 aliphatic rings. The Balaban J connectivity index is 1.56. The summed E-state index contributed by atoms with van der Waals surface area (Å²) in [6.45, 7) is 5.34. The fourth-order valence-corrected chi connectivity index (χ4v) is 3.03. The van der Waals surface area contributed by atoms with Crippen LogP contribution in [0.5, 0.6) is 0 Å². The highest BCUT2D eigenvalue weighted by Crippen LogP contribution is 2.39. The molecule has 2 fully saturated rings. The Bertz CT molecular complexity index is 788. The van der Waals surface area contributed by atoms with Crippen molar-refractivity contribution >= 4 is 5.82 Å². The molecule has 0 radical (unpaired) electrons. The van der Waals surface area contributed by atoms with E-state index in [9.17, 15) is 5.26 Å². The molecule has 1 unspecified atom stereocenters. The first kappa shape index (κ1) is 14.1. The molecule has 2 aromatic rings. The van der Waals surface area contributed by atoms with Gasteiger partial charge in [0.05, 0.1) is 11.6 Å². The van der Waals surface area contributed by atoms with Crippen molar-refractivity contribution < 1.29 is 4.52 Å². The third-order valence-corrected chi connectivity index (χ3v) is 4.78. The lowest BCUT2D eigenvalue weighted by molar-refractivity contribution is 0.355. The summed E-state index contributed by atoms with van der Waals surface area (Å²) in [6, 6.07) is 2.27. The lowest BCUT2D eigenvalue weighted by Gasteiger charge is -2.18. The zero-order valence-corrected chi connectivity index (χ0v) is 13.3. The normalized spacial score (nSPS) is 20.7. The lowest BCUT2D eigenvalue weighted by Crippen LogP contribution is -2.23. The van der Waals surface area contributed by atoms with E-state index in [1.165, 1.54) is 12.8 Å². The van der Waals surface area contributed by atoms with Crippen molar-refractivity contribution in [1.82, 2.24) is 20.3 Å². The van der Waals surface area contributed by atoms with Gasteiger partial charge in [-0.25, -0.2) is 0 Å². The molecule has 0 aromatic carbocycles. The van der Waals surface area contributed by atoms with Gasteiger partial charge in [-0.2, -0.15) is 15.3 Å². The van der Waals surface area contributed by atoms with Crippen LogP contribution in [-0.2, 0) is 0 Å². The zero-order chi connectivity index (χ0) is 16.0. The van der Waals surface area contributed by atoms with E-state index < -0.39 is 0 Å². The van der Waals surface area contributed by atoms with E-state index in [-0.39, 0.29) is 5.92 Å². The molecule has 0 amide bonds. The third-order valence-electron chi connectivity index (χ3n) is 4.78. The van der Waals surface area contributed by atoms with E-state index in [1.807, 2.05) is 13.8 Å². The maximum atomic E-state index is 9.45. The highest BCUT2D eigenvalue weighted by molar-refractivity contribution is 5.58. The summed E-state index contributed by atoms with van der Waals surface area (Å²) in [5.41, 5.74) is 2.31. The molecule has 7 nitrogen and oxygen atoms in total. The highest BCUT2D eigenvalue weighted by atomic mass is 16.5. The Morgan fingerprint density at radius 1 is 1.17 bits per heavy atom. The largest absolute Gasteiger partial charge is 0.353 e. The number of aryl methyl sites for hydroxylation is 1. The van der Waals surface area contributed by atoms with Gasteiger partial charge in [0.15, 0.2) is 11.6 Å². The first-order valence-corrected chi connectivity index (χ1v) is 7.99. The van der Waals surface area contributed by atoms with Crippen LogP contribution in [0.4, 0.5) is 5.82 Å². The summed E-state index contributed by atoms with van der Waals surface area (Å²) in [4.78, 5) is 6.65. The topological polar surface area (TPSA) is 91.7 Å². The molecule has 7 heteroatoms. The van der Waals surface area contributed by atoms with Crippen molar-refractivity contribution in [3.63, 3.8) is 0 Å². The van der Waals surface area contributed by atoms with Gasteiger partial charge < -0.3 is 9.42 Å². The number of nitriles is 1. The molecule has 1 atom stereocenters. The number of anilines is 1. The molecule has 2 aromatic heterocycles. The van der Waals surface area contributed by atoms with Crippen LogP contribution in [0.1, 0.15) is 59.6 Å². The van der Waals surface area contributed by atoms with Gasteiger partial charge in [0, 0.05) is 19.0 Å². The monoisotopic (exact) mass is 310 g/mol. The van der Waals surface area contributed by atoms with Crippen molar-refractivity contribution in [1.29, 1.82) is 5.26 Å². The van der Waals surface area contributed by atoms with Gasteiger partial charge in [-0.15, -0.1) is 5.10 Å². The van der Waals surface area contributed by atoms with Gasteiger partial charge in [-0.1, -0.05) is 5.16 Å². The molecule has 1 saturated heterocycles. The second-order valence-corrected chi connectivity index (χ2v) is 6.42. The van der Waals surface area contributed by atoms with Crippen LogP contribution in [0.25, 0.3) is 0 Å². The van der Waals surface area contributed by atoms with Crippen molar-refractivity contribution in [2.24, 2.45) is 0 Å². The summed E-state index contributed by atoms with van der Waals surface area (Å²) in [5, 5.41) is 22.0. The fourth-order valence-electron chi connectivity index (χ4n) is 3.03. The number of aromatic nitrogens is 4. The van der Waals surface area contributed by atoms with E-state index >= 15 is 0 Å². The SMILES string of the molecule is Cc1nnc(N2CCC(c3nc(C4CC4)no3)C2)c(C#N)c1C. The molecule has 1 aliphatic carbocycles. The van der Waals surface area contributed by atoms with Gasteiger partial charge in [-0.3, -0.25) is 0 Å². The number of nitrogens with zero attached hydrogens (tertiary/aromatic N) is 6. The Morgan fingerprint density at radius 2 is 2.00 bits per heavy atom. The van der Waals surface area contributed by atoms with Crippen LogP contribution >= 0.6 is 0 Å². The minimum atomic E-state index is 0.199. The second kappa shape index (κ2) is 5.30. The van der Waals surface area contributed by atoms with Gasteiger partial charge in [0.25, 0.3) is 0 Å². The molecule has 118 valence electrons. The molecule has 23 heavy (non-hydrogen) atoms. The first-order valence-electron chi connectivity index (χ1n) is 7.99. The summed E-state index contributed by atoms with van der Waals surface area (Å²) < 4.78 is 5.44. The zero-order valence-electron chi connectivity index (χ0n) is 13.3. The Kier molecular flexibility index (Phi) is 3.26. The van der Waals surface area contributed by atoms with Crippen LogP contribution in [0.2, 0.25) is 0 Å².